The minimum Gasteiger partial charge on any atom is -0.385 e. The van der Waals surface area contributed by atoms with Gasteiger partial charge in [0.2, 0.25) is 0 Å². The van der Waals surface area contributed by atoms with E-state index in [0.717, 1.165) is 5.56 Å². The zero-order valence-electron chi connectivity index (χ0n) is 16.0. The molecule has 0 atom stereocenters. The first-order chi connectivity index (χ1) is 14.0. The number of pyridine rings is 1. The summed E-state index contributed by atoms with van der Waals surface area (Å²) in [5.74, 6) is 1.01. The second-order valence-corrected chi connectivity index (χ2v) is 10.1. The van der Waals surface area contributed by atoms with Gasteiger partial charge in [-0.1, -0.05) is 11.2 Å². The Hall–Kier alpha value is -2.14. The molecule has 0 radical (unpaired) electrons. The van der Waals surface area contributed by atoms with Crippen molar-refractivity contribution in [1.29, 1.82) is 0 Å². The molecule has 4 heterocycles. The molecule has 29 heavy (non-hydrogen) atoms. The molecule has 1 fully saturated rings. The highest BCUT2D eigenvalue weighted by molar-refractivity contribution is 7.91. The summed E-state index contributed by atoms with van der Waals surface area (Å²) in [6.45, 7) is 1.34. The van der Waals surface area contributed by atoms with Crippen LogP contribution in [0.2, 0.25) is 0 Å². The van der Waals surface area contributed by atoms with Crippen molar-refractivity contribution in [1.82, 2.24) is 19.4 Å². The molecule has 8 nitrogen and oxygen atoms in total. The third-order valence-electron chi connectivity index (χ3n) is 5.36. The fourth-order valence-electron chi connectivity index (χ4n) is 3.62. The van der Waals surface area contributed by atoms with Gasteiger partial charge in [0.05, 0.1) is 5.56 Å². The summed E-state index contributed by atoms with van der Waals surface area (Å²) in [6, 6.07) is 7.08. The Morgan fingerprint density at radius 3 is 2.76 bits per heavy atom. The van der Waals surface area contributed by atoms with Crippen molar-refractivity contribution in [2.24, 2.45) is 0 Å². The lowest BCUT2D eigenvalue weighted by Crippen LogP contribution is -2.46. The second kappa shape index (κ2) is 8.31. The van der Waals surface area contributed by atoms with Crippen LogP contribution >= 0.6 is 11.3 Å². The number of hydrogen-bond donors (Lipinski definition) is 0. The first-order valence-electron chi connectivity index (χ1n) is 9.32. The molecule has 1 aliphatic rings. The highest BCUT2D eigenvalue weighted by atomic mass is 32.2. The summed E-state index contributed by atoms with van der Waals surface area (Å²) in [4.78, 5) is 8.72. The normalized spacial score (nSPS) is 17.4. The molecule has 1 aliphatic heterocycles. The van der Waals surface area contributed by atoms with E-state index in [9.17, 15) is 8.42 Å². The lowest BCUT2D eigenvalue weighted by molar-refractivity contribution is 0.132. The van der Waals surface area contributed by atoms with Gasteiger partial charge in [0, 0.05) is 44.6 Å². The predicted molar refractivity (Wildman–Crippen MR) is 108 cm³/mol. The summed E-state index contributed by atoms with van der Waals surface area (Å²) >= 11 is 1.24. The highest BCUT2D eigenvalue weighted by Crippen LogP contribution is 2.39. The standard InChI is InChI=1S/C19H22N4O4S2/c1-26-12-8-19(18-21-17(27-22-18)15-4-2-9-20-14-15)6-10-23(11-7-19)29(24,25)16-5-3-13-28-16/h2-5,9,13-14H,6-8,10-12H2,1H3. The summed E-state index contributed by atoms with van der Waals surface area (Å²) in [5.41, 5.74) is 0.368. The van der Waals surface area contributed by atoms with Crippen molar-refractivity contribution in [3.8, 4) is 11.5 Å². The summed E-state index contributed by atoms with van der Waals surface area (Å²) in [5, 5.41) is 6.02. The molecule has 0 saturated carbocycles. The Balaban J connectivity index is 1.57. The van der Waals surface area contributed by atoms with Gasteiger partial charge in [0.15, 0.2) is 5.82 Å². The van der Waals surface area contributed by atoms with E-state index < -0.39 is 10.0 Å². The van der Waals surface area contributed by atoms with Gasteiger partial charge in [-0.15, -0.1) is 11.3 Å². The van der Waals surface area contributed by atoms with E-state index in [0.29, 0.717) is 54.9 Å². The van der Waals surface area contributed by atoms with Crippen LogP contribution in [0.25, 0.3) is 11.5 Å². The monoisotopic (exact) mass is 434 g/mol. The van der Waals surface area contributed by atoms with Crippen molar-refractivity contribution in [2.75, 3.05) is 26.8 Å². The number of aromatic nitrogens is 3. The van der Waals surface area contributed by atoms with Gasteiger partial charge in [-0.25, -0.2) is 8.42 Å². The molecule has 3 aromatic rings. The molecule has 0 N–H and O–H groups in total. The molecule has 1 saturated heterocycles. The first-order valence-corrected chi connectivity index (χ1v) is 11.6. The van der Waals surface area contributed by atoms with Crippen LogP contribution in [0, 0.1) is 0 Å². The van der Waals surface area contributed by atoms with E-state index in [4.69, 9.17) is 9.26 Å². The topological polar surface area (TPSA) is 98.4 Å². The quantitative estimate of drug-likeness (QED) is 0.564. The van der Waals surface area contributed by atoms with Crippen LogP contribution in [-0.4, -0.2) is 54.7 Å². The van der Waals surface area contributed by atoms with E-state index in [1.54, 1.807) is 41.3 Å². The number of thiophene rings is 1. The molecule has 3 aromatic heterocycles. The Labute approximate surface area is 173 Å². The van der Waals surface area contributed by atoms with Gasteiger partial charge in [-0.3, -0.25) is 4.98 Å². The minimum atomic E-state index is -3.46. The van der Waals surface area contributed by atoms with E-state index in [-0.39, 0.29) is 5.41 Å². The molecule has 0 amide bonds. The van der Waals surface area contributed by atoms with Crippen LogP contribution in [0.1, 0.15) is 25.1 Å². The summed E-state index contributed by atoms with van der Waals surface area (Å²) in [7, 11) is -1.81. The third kappa shape index (κ3) is 3.97. The Morgan fingerprint density at radius 2 is 2.10 bits per heavy atom. The van der Waals surface area contributed by atoms with E-state index in [1.807, 2.05) is 12.1 Å². The minimum absolute atomic E-state index is 0.375. The summed E-state index contributed by atoms with van der Waals surface area (Å²) < 4.78 is 38.4. The van der Waals surface area contributed by atoms with Crippen molar-refractivity contribution in [3.63, 3.8) is 0 Å². The lowest BCUT2D eigenvalue weighted by Gasteiger charge is -2.39. The van der Waals surface area contributed by atoms with E-state index in [1.165, 1.54) is 11.3 Å². The second-order valence-electron chi connectivity index (χ2n) is 7.02. The number of rotatable bonds is 7. The molecule has 0 unspecified atom stereocenters. The van der Waals surface area contributed by atoms with Crippen LogP contribution in [0.15, 0.2) is 50.8 Å². The molecule has 0 aliphatic carbocycles. The maximum absolute atomic E-state index is 12.9. The molecule has 10 heteroatoms. The third-order valence-corrected chi connectivity index (χ3v) is 8.63. The van der Waals surface area contributed by atoms with E-state index >= 15 is 0 Å². The average Bonchev–Trinajstić information content (AvgIpc) is 3.46. The van der Waals surface area contributed by atoms with Crippen LogP contribution in [0.5, 0.6) is 0 Å². The number of hydrogen-bond acceptors (Lipinski definition) is 8. The molecular formula is C19H22N4O4S2. The van der Waals surface area contributed by atoms with Crippen LogP contribution in [-0.2, 0) is 20.2 Å². The van der Waals surface area contributed by atoms with Crippen LogP contribution in [0.4, 0.5) is 0 Å². The smallest absolute Gasteiger partial charge is 0.259 e. The van der Waals surface area contributed by atoms with Crippen molar-refractivity contribution < 1.29 is 17.7 Å². The average molecular weight is 435 g/mol. The van der Waals surface area contributed by atoms with E-state index in [2.05, 4.69) is 15.1 Å². The fraction of sp³-hybridized carbons (Fsp3) is 0.421. The summed E-state index contributed by atoms with van der Waals surface area (Å²) in [6.07, 6.45) is 5.27. The maximum atomic E-state index is 12.9. The Morgan fingerprint density at radius 1 is 1.28 bits per heavy atom. The highest BCUT2D eigenvalue weighted by Gasteiger charge is 2.43. The van der Waals surface area contributed by atoms with Gasteiger partial charge in [-0.05, 0) is 42.8 Å². The zero-order chi connectivity index (χ0) is 20.3. The molecule has 154 valence electrons. The van der Waals surface area contributed by atoms with Gasteiger partial charge in [0.25, 0.3) is 15.9 Å². The van der Waals surface area contributed by atoms with Gasteiger partial charge >= 0.3 is 0 Å². The van der Waals surface area contributed by atoms with Gasteiger partial charge < -0.3 is 9.26 Å². The molecule has 0 bridgehead atoms. The molecule has 0 spiro atoms. The van der Waals surface area contributed by atoms with Crippen LogP contribution < -0.4 is 0 Å². The molecular weight excluding hydrogens is 412 g/mol. The van der Waals surface area contributed by atoms with Crippen LogP contribution in [0.3, 0.4) is 0 Å². The number of piperidine rings is 1. The Kier molecular flexibility index (Phi) is 5.77. The predicted octanol–water partition coefficient (Wildman–Crippen LogP) is 2.95. The fourth-order valence-corrected chi connectivity index (χ4v) is 6.21. The number of methoxy groups -OCH3 is 1. The largest absolute Gasteiger partial charge is 0.385 e. The van der Waals surface area contributed by atoms with Gasteiger partial charge in [-0.2, -0.15) is 9.29 Å². The van der Waals surface area contributed by atoms with Gasteiger partial charge in [0.1, 0.15) is 4.21 Å². The zero-order valence-corrected chi connectivity index (χ0v) is 17.7. The SMILES string of the molecule is COCCC1(c2noc(-c3cccnc3)n2)CCN(S(=O)(=O)c2cccs2)CC1. The molecule has 0 aromatic carbocycles. The van der Waals surface area contributed by atoms with Crippen molar-refractivity contribution in [3.05, 3.63) is 47.9 Å². The lowest BCUT2D eigenvalue weighted by atomic mass is 9.75. The van der Waals surface area contributed by atoms with Crippen molar-refractivity contribution in [2.45, 2.75) is 28.9 Å². The van der Waals surface area contributed by atoms with Crippen molar-refractivity contribution >= 4 is 21.4 Å². The Bertz CT molecular complexity index is 1030. The molecule has 4 rings (SSSR count). The number of nitrogens with zero attached hydrogens (tertiary/aromatic N) is 4. The first kappa shape index (κ1) is 20.1. The number of ether oxygens (including phenoxy) is 1. The number of sulfonamides is 1. The maximum Gasteiger partial charge on any atom is 0.259 e.